The number of aliphatic hydroxyl groups excluding tert-OH is 1. The molecule has 0 aromatic carbocycles. The first-order valence-electron chi connectivity index (χ1n) is 6.19. The fourth-order valence-corrected chi connectivity index (χ4v) is 3.03. The molecule has 6 heteroatoms. The van der Waals surface area contributed by atoms with Crippen LogP contribution in [0, 0.1) is 13.8 Å². The van der Waals surface area contributed by atoms with Gasteiger partial charge in [0.15, 0.2) is 5.75 Å². The number of methoxy groups -OCH3 is 1. The van der Waals surface area contributed by atoms with Crippen molar-refractivity contribution in [1.82, 2.24) is 14.8 Å². The van der Waals surface area contributed by atoms with Crippen LogP contribution < -0.4 is 4.74 Å². The summed E-state index contributed by atoms with van der Waals surface area (Å²) in [6, 6.07) is 0.155. The Hall–Kier alpha value is -1.40. The van der Waals surface area contributed by atoms with Crippen LogP contribution in [0.5, 0.6) is 5.75 Å². The number of aliphatic hydroxyl groups is 1. The van der Waals surface area contributed by atoms with Crippen molar-refractivity contribution in [3.8, 4) is 5.75 Å². The molecule has 1 atom stereocenters. The molecule has 5 nitrogen and oxygen atoms in total. The van der Waals surface area contributed by atoms with Gasteiger partial charge in [0.2, 0.25) is 0 Å². The average Bonchev–Trinajstić information content (AvgIpc) is 2.91. The highest BCUT2D eigenvalue weighted by Gasteiger charge is 2.26. The largest absolute Gasteiger partial charge is 0.493 e. The summed E-state index contributed by atoms with van der Waals surface area (Å²) >= 11 is 1.50. The maximum Gasteiger partial charge on any atom is 0.163 e. The minimum absolute atomic E-state index is 0.155. The highest BCUT2D eigenvalue weighted by atomic mass is 32.1. The van der Waals surface area contributed by atoms with Crippen molar-refractivity contribution in [2.45, 2.75) is 39.8 Å². The van der Waals surface area contributed by atoms with Crippen molar-refractivity contribution in [3.05, 3.63) is 27.5 Å². The summed E-state index contributed by atoms with van der Waals surface area (Å²) in [5, 5.41) is 15.9. The Kier molecular flexibility index (Phi) is 3.91. The van der Waals surface area contributed by atoms with Gasteiger partial charge in [-0.3, -0.25) is 4.68 Å². The number of thiazole rings is 1. The summed E-state index contributed by atoms with van der Waals surface area (Å²) in [6.45, 7) is 7.89. The summed E-state index contributed by atoms with van der Waals surface area (Å²) in [5.74, 6) is 0.603. The zero-order valence-corrected chi connectivity index (χ0v) is 12.7. The molecule has 0 aliphatic carbocycles. The van der Waals surface area contributed by atoms with Gasteiger partial charge in [-0.15, -0.1) is 11.3 Å². The van der Waals surface area contributed by atoms with Gasteiger partial charge in [0, 0.05) is 6.04 Å². The molecule has 0 fully saturated rings. The van der Waals surface area contributed by atoms with E-state index in [-0.39, 0.29) is 6.04 Å². The van der Waals surface area contributed by atoms with Gasteiger partial charge in [-0.25, -0.2) is 4.98 Å². The molecule has 0 aliphatic rings. The van der Waals surface area contributed by atoms with Gasteiger partial charge in [-0.1, -0.05) is 0 Å². The summed E-state index contributed by atoms with van der Waals surface area (Å²) < 4.78 is 7.10. The lowest BCUT2D eigenvalue weighted by atomic mass is 10.1. The average molecular weight is 281 g/mol. The second-order valence-electron chi connectivity index (χ2n) is 4.72. The molecule has 0 amide bonds. The third-order valence-electron chi connectivity index (χ3n) is 2.95. The molecular weight excluding hydrogens is 262 g/mol. The Morgan fingerprint density at radius 3 is 2.53 bits per heavy atom. The number of aryl methyl sites for hydroxylation is 2. The van der Waals surface area contributed by atoms with Gasteiger partial charge in [0.1, 0.15) is 11.8 Å². The van der Waals surface area contributed by atoms with E-state index in [0.717, 1.165) is 15.6 Å². The molecule has 2 heterocycles. The number of ether oxygens (including phenoxy) is 1. The van der Waals surface area contributed by atoms with Crippen LogP contribution in [-0.4, -0.2) is 27.0 Å². The topological polar surface area (TPSA) is 60.2 Å². The molecule has 0 bridgehead atoms. The molecule has 2 aromatic heterocycles. The van der Waals surface area contributed by atoms with Crippen LogP contribution in [0.15, 0.2) is 6.20 Å². The molecule has 0 spiro atoms. The number of aromatic nitrogens is 3. The highest BCUT2D eigenvalue weighted by molar-refractivity contribution is 7.11. The van der Waals surface area contributed by atoms with Crippen molar-refractivity contribution in [2.75, 3.05) is 7.11 Å². The number of hydrogen-bond acceptors (Lipinski definition) is 5. The van der Waals surface area contributed by atoms with Gasteiger partial charge >= 0.3 is 0 Å². The van der Waals surface area contributed by atoms with Gasteiger partial charge in [0.05, 0.1) is 28.9 Å². The van der Waals surface area contributed by atoms with E-state index in [1.807, 2.05) is 27.7 Å². The van der Waals surface area contributed by atoms with E-state index in [0.29, 0.717) is 11.4 Å². The molecule has 0 saturated heterocycles. The van der Waals surface area contributed by atoms with Crippen LogP contribution >= 0.6 is 11.3 Å². The van der Waals surface area contributed by atoms with E-state index >= 15 is 0 Å². The normalized spacial score (nSPS) is 13.0. The van der Waals surface area contributed by atoms with Crippen molar-refractivity contribution in [2.24, 2.45) is 0 Å². The summed E-state index contributed by atoms with van der Waals surface area (Å²) in [4.78, 5) is 5.21. The molecule has 0 radical (unpaired) electrons. The van der Waals surface area contributed by atoms with E-state index in [1.54, 1.807) is 18.0 Å². The lowest BCUT2D eigenvalue weighted by molar-refractivity contribution is 0.202. The van der Waals surface area contributed by atoms with Crippen LogP contribution in [0.25, 0.3) is 0 Å². The SMILES string of the molecule is COc1cnn(C(C)C)c1C(O)c1sc(C)nc1C. The Bertz CT molecular complexity index is 574. The summed E-state index contributed by atoms with van der Waals surface area (Å²) in [5.41, 5.74) is 1.54. The smallest absolute Gasteiger partial charge is 0.163 e. The molecule has 1 unspecified atom stereocenters. The van der Waals surface area contributed by atoms with E-state index in [2.05, 4.69) is 10.1 Å². The second-order valence-corrected chi connectivity index (χ2v) is 5.96. The van der Waals surface area contributed by atoms with E-state index < -0.39 is 6.10 Å². The molecule has 2 rings (SSSR count). The molecular formula is C13H19N3O2S. The molecule has 0 aliphatic heterocycles. The van der Waals surface area contributed by atoms with Crippen LogP contribution in [0.4, 0.5) is 0 Å². The number of hydrogen-bond donors (Lipinski definition) is 1. The quantitative estimate of drug-likeness (QED) is 0.936. The molecule has 1 N–H and O–H groups in total. The fourth-order valence-electron chi connectivity index (χ4n) is 2.11. The minimum atomic E-state index is -0.758. The van der Waals surface area contributed by atoms with E-state index in [9.17, 15) is 5.11 Å². The van der Waals surface area contributed by atoms with Gasteiger partial charge in [0.25, 0.3) is 0 Å². The lowest BCUT2D eigenvalue weighted by Gasteiger charge is -2.16. The lowest BCUT2D eigenvalue weighted by Crippen LogP contribution is -2.13. The van der Waals surface area contributed by atoms with Crippen LogP contribution in [0.3, 0.4) is 0 Å². The molecule has 0 saturated carbocycles. The Labute approximate surface area is 116 Å². The Balaban J connectivity index is 2.51. The van der Waals surface area contributed by atoms with Gasteiger partial charge in [-0.05, 0) is 27.7 Å². The van der Waals surface area contributed by atoms with E-state index in [1.165, 1.54) is 11.3 Å². The monoisotopic (exact) mass is 281 g/mol. The predicted octanol–water partition coefficient (Wildman–Crippen LogP) is 2.63. The van der Waals surface area contributed by atoms with E-state index in [4.69, 9.17) is 4.74 Å². The molecule has 19 heavy (non-hydrogen) atoms. The van der Waals surface area contributed by atoms with Crippen molar-refractivity contribution in [1.29, 1.82) is 0 Å². The highest BCUT2D eigenvalue weighted by Crippen LogP contribution is 2.35. The fraction of sp³-hybridized carbons (Fsp3) is 0.538. The first-order chi connectivity index (χ1) is 8.95. The minimum Gasteiger partial charge on any atom is -0.493 e. The van der Waals surface area contributed by atoms with Gasteiger partial charge < -0.3 is 9.84 Å². The first kappa shape index (κ1) is 14.0. The second kappa shape index (κ2) is 5.30. The Morgan fingerprint density at radius 2 is 2.05 bits per heavy atom. The van der Waals surface area contributed by atoms with Crippen molar-refractivity contribution >= 4 is 11.3 Å². The Morgan fingerprint density at radius 1 is 1.37 bits per heavy atom. The third kappa shape index (κ3) is 2.50. The third-order valence-corrected chi connectivity index (χ3v) is 4.08. The number of nitrogens with zero attached hydrogens (tertiary/aromatic N) is 3. The maximum absolute atomic E-state index is 10.6. The summed E-state index contributed by atoms with van der Waals surface area (Å²) in [6.07, 6.45) is 0.882. The predicted molar refractivity (Wildman–Crippen MR) is 74.8 cm³/mol. The summed E-state index contributed by atoms with van der Waals surface area (Å²) in [7, 11) is 1.59. The zero-order valence-electron chi connectivity index (χ0n) is 11.8. The van der Waals surface area contributed by atoms with Crippen molar-refractivity contribution < 1.29 is 9.84 Å². The zero-order chi connectivity index (χ0) is 14.2. The first-order valence-corrected chi connectivity index (χ1v) is 7.00. The van der Waals surface area contributed by atoms with Crippen LogP contribution in [0.1, 0.15) is 47.3 Å². The van der Waals surface area contributed by atoms with Gasteiger partial charge in [-0.2, -0.15) is 5.10 Å². The molecule has 104 valence electrons. The van der Waals surface area contributed by atoms with Crippen molar-refractivity contribution in [3.63, 3.8) is 0 Å². The number of rotatable bonds is 4. The van der Waals surface area contributed by atoms with Crippen LogP contribution in [0.2, 0.25) is 0 Å². The van der Waals surface area contributed by atoms with Crippen LogP contribution in [-0.2, 0) is 0 Å². The maximum atomic E-state index is 10.6. The standard InChI is InChI=1S/C13H19N3O2S/c1-7(2)16-11(10(18-5)6-14-16)12(17)13-8(3)15-9(4)19-13/h6-7,12,17H,1-5H3. The molecule has 2 aromatic rings.